The minimum Gasteiger partial charge on any atom is -0.330 e. The second kappa shape index (κ2) is 6.91. The lowest BCUT2D eigenvalue weighted by atomic mass is 9.82. The molecular weight excluding hydrogens is 220 g/mol. The van der Waals surface area contributed by atoms with Crippen molar-refractivity contribution in [3.05, 3.63) is 0 Å². The number of hydrogen-bond acceptors (Lipinski definition) is 2. The van der Waals surface area contributed by atoms with Crippen LogP contribution >= 0.6 is 0 Å². The summed E-state index contributed by atoms with van der Waals surface area (Å²) in [6, 6.07) is 1.64. The van der Waals surface area contributed by atoms with E-state index in [9.17, 15) is 0 Å². The lowest BCUT2D eigenvalue weighted by molar-refractivity contribution is 0.0708. The SMILES string of the molecule is CCC1CCC(N(CC)C2CCCCC2CN)C1. The molecule has 18 heavy (non-hydrogen) atoms. The quantitative estimate of drug-likeness (QED) is 0.812. The predicted molar refractivity (Wildman–Crippen MR) is 78.6 cm³/mol. The highest BCUT2D eigenvalue weighted by Gasteiger charge is 2.35. The zero-order valence-electron chi connectivity index (χ0n) is 12.4. The summed E-state index contributed by atoms with van der Waals surface area (Å²) in [5.74, 6) is 1.75. The molecule has 0 aromatic heterocycles. The van der Waals surface area contributed by atoms with Crippen molar-refractivity contribution in [3.63, 3.8) is 0 Å². The van der Waals surface area contributed by atoms with E-state index in [2.05, 4.69) is 18.7 Å². The maximum absolute atomic E-state index is 6.01. The lowest BCUT2D eigenvalue weighted by Gasteiger charge is -2.42. The molecule has 2 aliphatic carbocycles. The average molecular weight is 252 g/mol. The van der Waals surface area contributed by atoms with Gasteiger partial charge in [0.1, 0.15) is 0 Å². The monoisotopic (exact) mass is 252 g/mol. The molecule has 0 aliphatic heterocycles. The fraction of sp³-hybridized carbons (Fsp3) is 1.00. The van der Waals surface area contributed by atoms with Gasteiger partial charge in [-0.25, -0.2) is 0 Å². The van der Waals surface area contributed by atoms with Crippen LogP contribution in [-0.4, -0.2) is 30.1 Å². The molecule has 2 aliphatic rings. The molecule has 2 rings (SSSR count). The van der Waals surface area contributed by atoms with Crippen LogP contribution in [0.2, 0.25) is 0 Å². The van der Waals surface area contributed by atoms with Gasteiger partial charge in [0.15, 0.2) is 0 Å². The molecule has 4 atom stereocenters. The van der Waals surface area contributed by atoms with E-state index in [0.29, 0.717) is 0 Å². The van der Waals surface area contributed by atoms with Gasteiger partial charge in [-0.2, -0.15) is 0 Å². The van der Waals surface area contributed by atoms with Crippen molar-refractivity contribution in [2.24, 2.45) is 17.6 Å². The first-order valence-electron chi connectivity index (χ1n) is 8.25. The number of nitrogens with two attached hydrogens (primary N) is 1. The molecule has 0 amide bonds. The van der Waals surface area contributed by atoms with Gasteiger partial charge >= 0.3 is 0 Å². The summed E-state index contributed by atoms with van der Waals surface area (Å²) < 4.78 is 0. The van der Waals surface area contributed by atoms with E-state index >= 15 is 0 Å². The Hall–Kier alpha value is -0.0800. The minimum absolute atomic E-state index is 0.763. The van der Waals surface area contributed by atoms with Gasteiger partial charge in [0.2, 0.25) is 0 Å². The fourth-order valence-electron chi connectivity index (χ4n) is 4.38. The summed E-state index contributed by atoms with van der Waals surface area (Å²) in [4.78, 5) is 2.83. The Morgan fingerprint density at radius 3 is 2.44 bits per heavy atom. The van der Waals surface area contributed by atoms with E-state index in [0.717, 1.165) is 30.5 Å². The summed E-state index contributed by atoms with van der Waals surface area (Å²) in [7, 11) is 0. The van der Waals surface area contributed by atoms with Gasteiger partial charge in [-0.05, 0) is 57.0 Å². The molecule has 0 spiro atoms. The van der Waals surface area contributed by atoms with Crippen molar-refractivity contribution in [2.75, 3.05) is 13.1 Å². The van der Waals surface area contributed by atoms with Gasteiger partial charge in [-0.15, -0.1) is 0 Å². The summed E-state index contributed by atoms with van der Waals surface area (Å²) in [5, 5.41) is 0. The maximum Gasteiger partial charge on any atom is 0.0138 e. The highest BCUT2D eigenvalue weighted by atomic mass is 15.2. The van der Waals surface area contributed by atoms with E-state index in [4.69, 9.17) is 5.73 Å². The average Bonchev–Trinajstić information content (AvgIpc) is 2.89. The molecule has 2 N–H and O–H groups in total. The molecule has 0 heterocycles. The molecule has 106 valence electrons. The first-order valence-corrected chi connectivity index (χ1v) is 8.25. The Morgan fingerprint density at radius 1 is 1.06 bits per heavy atom. The third-order valence-electron chi connectivity index (χ3n) is 5.52. The molecule has 0 aromatic rings. The molecule has 2 fully saturated rings. The predicted octanol–water partition coefficient (Wildman–Crippen LogP) is 3.40. The molecule has 0 saturated heterocycles. The third kappa shape index (κ3) is 3.08. The molecule has 2 heteroatoms. The van der Waals surface area contributed by atoms with Crippen molar-refractivity contribution < 1.29 is 0 Å². The molecular formula is C16H32N2. The van der Waals surface area contributed by atoms with Crippen LogP contribution < -0.4 is 5.73 Å². The van der Waals surface area contributed by atoms with Gasteiger partial charge in [-0.1, -0.05) is 33.1 Å². The smallest absolute Gasteiger partial charge is 0.0138 e. The van der Waals surface area contributed by atoms with Gasteiger partial charge in [-0.3, -0.25) is 4.90 Å². The van der Waals surface area contributed by atoms with E-state index in [-0.39, 0.29) is 0 Å². The van der Waals surface area contributed by atoms with Crippen LogP contribution in [0.3, 0.4) is 0 Å². The van der Waals surface area contributed by atoms with Gasteiger partial charge in [0, 0.05) is 12.1 Å². The Kier molecular flexibility index (Phi) is 5.50. The van der Waals surface area contributed by atoms with Crippen LogP contribution in [0.5, 0.6) is 0 Å². The first kappa shape index (κ1) is 14.3. The minimum atomic E-state index is 0.763. The van der Waals surface area contributed by atoms with Crippen molar-refractivity contribution >= 4 is 0 Å². The van der Waals surface area contributed by atoms with E-state index in [1.165, 1.54) is 57.9 Å². The van der Waals surface area contributed by atoms with Gasteiger partial charge in [0.25, 0.3) is 0 Å². The van der Waals surface area contributed by atoms with E-state index in [1.54, 1.807) is 0 Å². The maximum atomic E-state index is 6.01. The number of hydrogen-bond donors (Lipinski definition) is 1. The Morgan fingerprint density at radius 2 is 1.83 bits per heavy atom. The topological polar surface area (TPSA) is 29.3 Å². The molecule has 4 unspecified atom stereocenters. The summed E-state index contributed by atoms with van der Waals surface area (Å²) in [5.41, 5.74) is 6.01. The van der Waals surface area contributed by atoms with E-state index in [1.807, 2.05) is 0 Å². The zero-order chi connectivity index (χ0) is 13.0. The van der Waals surface area contributed by atoms with Crippen LogP contribution in [0.1, 0.15) is 65.2 Å². The van der Waals surface area contributed by atoms with Crippen molar-refractivity contribution in [1.29, 1.82) is 0 Å². The van der Waals surface area contributed by atoms with Gasteiger partial charge in [0.05, 0.1) is 0 Å². The largest absolute Gasteiger partial charge is 0.330 e. The lowest BCUT2D eigenvalue weighted by Crippen LogP contribution is -2.49. The second-order valence-corrected chi connectivity index (χ2v) is 6.42. The van der Waals surface area contributed by atoms with Gasteiger partial charge < -0.3 is 5.73 Å². The summed E-state index contributed by atoms with van der Waals surface area (Å²) in [6.45, 7) is 6.82. The van der Waals surface area contributed by atoms with Crippen LogP contribution in [0.15, 0.2) is 0 Å². The highest BCUT2D eigenvalue weighted by molar-refractivity contribution is 4.90. The number of rotatable bonds is 5. The number of nitrogens with zero attached hydrogens (tertiary/aromatic N) is 1. The first-order chi connectivity index (χ1) is 8.80. The van der Waals surface area contributed by atoms with Crippen LogP contribution in [0, 0.1) is 11.8 Å². The second-order valence-electron chi connectivity index (χ2n) is 6.42. The Balaban J connectivity index is 1.98. The van der Waals surface area contributed by atoms with Crippen LogP contribution in [0.4, 0.5) is 0 Å². The molecule has 0 radical (unpaired) electrons. The van der Waals surface area contributed by atoms with Crippen LogP contribution in [0.25, 0.3) is 0 Å². The molecule has 2 saturated carbocycles. The summed E-state index contributed by atoms with van der Waals surface area (Å²) >= 11 is 0. The van der Waals surface area contributed by atoms with Crippen LogP contribution in [-0.2, 0) is 0 Å². The zero-order valence-corrected chi connectivity index (χ0v) is 12.4. The third-order valence-corrected chi connectivity index (χ3v) is 5.52. The standard InChI is InChI=1S/C16H32N2/c1-3-13-9-10-15(11-13)18(4-2)16-8-6-5-7-14(16)12-17/h13-16H,3-12,17H2,1-2H3. The molecule has 0 aromatic carbocycles. The highest BCUT2D eigenvalue weighted by Crippen LogP contribution is 2.36. The molecule has 0 bridgehead atoms. The molecule has 2 nitrogen and oxygen atoms in total. The van der Waals surface area contributed by atoms with Crippen molar-refractivity contribution in [3.8, 4) is 0 Å². The summed E-state index contributed by atoms with van der Waals surface area (Å²) in [6.07, 6.45) is 11.3. The van der Waals surface area contributed by atoms with E-state index < -0.39 is 0 Å². The Labute approximate surface area is 113 Å². The fourth-order valence-corrected chi connectivity index (χ4v) is 4.38. The normalized spacial score (nSPS) is 37.3. The van der Waals surface area contributed by atoms with Crippen molar-refractivity contribution in [1.82, 2.24) is 4.90 Å². The van der Waals surface area contributed by atoms with Crippen molar-refractivity contribution in [2.45, 2.75) is 77.3 Å². The Bertz CT molecular complexity index is 241.